The molecular weight excluding hydrogens is 290 g/mol. The Kier molecular flexibility index (Phi) is 7.39. The molecular formula is C15H23NO4S. The highest BCUT2D eigenvalue weighted by molar-refractivity contribution is 7.91. The first-order valence-electron chi connectivity index (χ1n) is 7.06. The summed E-state index contributed by atoms with van der Waals surface area (Å²) in [4.78, 5) is 11.8. The molecule has 1 aromatic rings. The van der Waals surface area contributed by atoms with Crippen LogP contribution >= 0.6 is 0 Å². The van der Waals surface area contributed by atoms with E-state index in [0.717, 1.165) is 5.56 Å². The average molecular weight is 313 g/mol. The van der Waals surface area contributed by atoms with Gasteiger partial charge in [-0.15, -0.1) is 0 Å². The van der Waals surface area contributed by atoms with Gasteiger partial charge < -0.3 is 10.1 Å². The molecule has 5 nitrogen and oxygen atoms in total. The van der Waals surface area contributed by atoms with Crippen molar-refractivity contribution in [2.75, 3.05) is 24.6 Å². The number of carbonyl (C=O) groups excluding carboxylic acids is 1. The van der Waals surface area contributed by atoms with Crippen molar-refractivity contribution in [2.45, 2.75) is 20.5 Å². The molecule has 1 aromatic carbocycles. The SMILES string of the molecule is CCS(=O)(=O)CCNCC(C)C(=O)OCc1ccccc1. The maximum Gasteiger partial charge on any atom is 0.310 e. The van der Waals surface area contributed by atoms with E-state index in [2.05, 4.69) is 5.32 Å². The van der Waals surface area contributed by atoms with E-state index >= 15 is 0 Å². The van der Waals surface area contributed by atoms with Gasteiger partial charge in [0.05, 0.1) is 11.7 Å². The third-order valence-electron chi connectivity index (χ3n) is 3.11. The zero-order chi connectivity index (χ0) is 15.7. The number of ether oxygens (including phenoxy) is 1. The van der Waals surface area contributed by atoms with Gasteiger partial charge in [0.25, 0.3) is 0 Å². The molecule has 1 atom stereocenters. The molecule has 0 aromatic heterocycles. The molecule has 0 saturated heterocycles. The van der Waals surface area contributed by atoms with Crippen molar-refractivity contribution in [1.29, 1.82) is 0 Å². The van der Waals surface area contributed by atoms with E-state index in [1.807, 2.05) is 30.3 Å². The predicted octanol–water partition coefficient (Wildman–Crippen LogP) is 1.39. The highest BCUT2D eigenvalue weighted by Gasteiger charge is 2.14. The predicted molar refractivity (Wildman–Crippen MR) is 82.6 cm³/mol. The summed E-state index contributed by atoms with van der Waals surface area (Å²) < 4.78 is 27.8. The smallest absolute Gasteiger partial charge is 0.310 e. The van der Waals surface area contributed by atoms with Crippen molar-refractivity contribution in [2.24, 2.45) is 5.92 Å². The molecule has 1 N–H and O–H groups in total. The fraction of sp³-hybridized carbons (Fsp3) is 0.533. The molecule has 0 amide bonds. The van der Waals surface area contributed by atoms with Crippen molar-refractivity contribution in [3.63, 3.8) is 0 Å². The fourth-order valence-corrected chi connectivity index (χ4v) is 2.39. The van der Waals surface area contributed by atoms with Gasteiger partial charge in [-0.3, -0.25) is 4.79 Å². The van der Waals surface area contributed by atoms with Crippen LogP contribution in [0.1, 0.15) is 19.4 Å². The van der Waals surface area contributed by atoms with Crippen molar-refractivity contribution in [3.8, 4) is 0 Å². The lowest BCUT2D eigenvalue weighted by atomic mass is 10.2. The molecule has 1 rings (SSSR count). The number of esters is 1. The third-order valence-corrected chi connectivity index (χ3v) is 4.81. The van der Waals surface area contributed by atoms with Gasteiger partial charge in [0.1, 0.15) is 6.61 Å². The van der Waals surface area contributed by atoms with E-state index in [1.165, 1.54) is 0 Å². The molecule has 0 radical (unpaired) electrons. The summed E-state index contributed by atoms with van der Waals surface area (Å²) in [5.74, 6) is -0.360. The lowest BCUT2D eigenvalue weighted by molar-refractivity contribution is -0.149. The van der Waals surface area contributed by atoms with Crippen LogP contribution in [0.2, 0.25) is 0 Å². The van der Waals surface area contributed by atoms with Crippen molar-refractivity contribution in [1.82, 2.24) is 5.32 Å². The molecule has 21 heavy (non-hydrogen) atoms. The van der Waals surface area contributed by atoms with Crippen molar-refractivity contribution < 1.29 is 17.9 Å². The van der Waals surface area contributed by atoms with Gasteiger partial charge in [0.2, 0.25) is 0 Å². The van der Waals surface area contributed by atoms with Crippen LogP contribution in [-0.2, 0) is 26.0 Å². The third kappa shape index (κ3) is 7.24. The second kappa shape index (κ2) is 8.79. The van der Waals surface area contributed by atoms with E-state index < -0.39 is 9.84 Å². The zero-order valence-corrected chi connectivity index (χ0v) is 13.4. The minimum atomic E-state index is -2.96. The Labute approximate surface area is 126 Å². The first kappa shape index (κ1) is 17.7. The van der Waals surface area contributed by atoms with Crippen LogP contribution < -0.4 is 5.32 Å². The largest absolute Gasteiger partial charge is 0.461 e. The molecule has 0 aliphatic carbocycles. The zero-order valence-electron chi connectivity index (χ0n) is 12.5. The topological polar surface area (TPSA) is 72.5 Å². The normalized spacial score (nSPS) is 12.9. The molecule has 0 saturated carbocycles. The standard InChI is InChI=1S/C15H23NO4S/c1-3-21(18,19)10-9-16-11-13(2)15(17)20-12-14-7-5-4-6-8-14/h4-8,13,16H,3,9-12H2,1-2H3. The van der Waals surface area contributed by atoms with Gasteiger partial charge in [-0.25, -0.2) is 8.42 Å². The number of hydrogen-bond donors (Lipinski definition) is 1. The number of carbonyl (C=O) groups is 1. The lowest BCUT2D eigenvalue weighted by Crippen LogP contribution is -2.31. The van der Waals surface area contributed by atoms with Crippen LogP contribution in [0, 0.1) is 5.92 Å². The van der Waals surface area contributed by atoms with E-state index in [1.54, 1.807) is 13.8 Å². The first-order valence-corrected chi connectivity index (χ1v) is 8.88. The first-order chi connectivity index (χ1) is 9.94. The monoisotopic (exact) mass is 313 g/mol. The van der Waals surface area contributed by atoms with Crippen molar-refractivity contribution in [3.05, 3.63) is 35.9 Å². The maximum atomic E-state index is 11.8. The lowest BCUT2D eigenvalue weighted by Gasteiger charge is -2.12. The Morgan fingerprint density at radius 3 is 2.57 bits per heavy atom. The number of hydrogen-bond acceptors (Lipinski definition) is 5. The Hall–Kier alpha value is -1.40. The van der Waals surface area contributed by atoms with Crippen LogP contribution in [0.3, 0.4) is 0 Å². The van der Waals surface area contributed by atoms with E-state index in [9.17, 15) is 13.2 Å². The maximum absolute atomic E-state index is 11.8. The summed E-state index contributed by atoms with van der Waals surface area (Å²) >= 11 is 0. The van der Waals surface area contributed by atoms with Crippen LogP contribution in [0.25, 0.3) is 0 Å². The molecule has 0 aliphatic rings. The Morgan fingerprint density at radius 2 is 1.95 bits per heavy atom. The van der Waals surface area contributed by atoms with Crippen LogP contribution in [0.15, 0.2) is 30.3 Å². The summed E-state index contributed by atoms with van der Waals surface area (Å²) in [5, 5.41) is 2.97. The summed E-state index contributed by atoms with van der Waals surface area (Å²) in [6, 6.07) is 9.48. The van der Waals surface area contributed by atoms with Gasteiger partial charge in [-0.05, 0) is 5.56 Å². The Bertz CT molecular complexity index is 528. The minimum Gasteiger partial charge on any atom is -0.461 e. The number of benzene rings is 1. The van der Waals surface area contributed by atoms with Gasteiger partial charge in [0, 0.05) is 18.8 Å². The van der Waals surface area contributed by atoms with E-state index in [4.69, 9.17) is 4.74 Å². The average Bonchev–Trinajstić information content (AvgIpc) is 2.50. The molecule has 1 unspecified atom stereocenters. The highest BCUT2D eigenvalue weighted by Crippen LogP contribution is 2.04. The number of nitrogens with one attached hydrogen (secondary N) is 1. The second-order valence-corrected chi connectivity index (χ2v) is 7.41. The highest BCUT2D eigenvalue weighted by atomic mass is 32.2. The van der Waals surface area contributed by atoms with Gasteiger partial charge in [-0.2, -0.15) is 0 Å². The summed E-state index contributed by atoms with van der Waals surface area (Å²) in [6.07, 6.45) is 0. The molecule has 0 fully saturated rings. The van der Waals surface area contributed by atoms with Crippen LogP contribution in [0.5, 0.6) is 0 Å². The van der Waals surface area contributed by atoms with Gasteiger partial charge >= 0.3 is 5.97 Å². The van der Waals surface area contributed by atoms with Crippen LogP contribution in [-0.4, -0.2) is 39.0 Å². The van der Waals surface area contributed by atoms with Crippen LogP contribution in [0.4, 0.5) is 0 Å². The number of rotatable bonds is 9. The van der Waals surface area contributed by atoms with E-state index in [0.29, 0.717) is 13.1 Å². The molecule has 6 heteroatoms. The Balaban J connectivity index is 2.22. The molecule has 0 bridgehead atoms. The summed E-state index contributed by atoms with van der Waals surface area (Å²) in [7, 11) is -2.96. The summed E-state index contributed by atoms with van der Waals surface area (Å²) in [5.41, 5.74) is 0.944. The van der Waals surface area contributed by atoms with Crippen molar-refractivity contribution >= 4 is 15.8 Å². The van der Waals surface area contributed by atoms with E-state index in [-0.39, 0.29) is 30.0 Å². The minimum absolute atomic E-state index is 0.0925. The molecule has 0 spiro atoms. The second-order valence-electron chi connectivity index (χ2n) is 4.93. The molecule has 0 aliphatic heterocycles. The molecule has 118 valence electrons. The molecule has 0 heterocycles. The number of sulfone groups is 1. The Morgan fingerprint density at radius 1 is 1.29 bits per heavy atom. The van der Waals surface area contributed by atoms with Gasteiger partial charge in [0.15, 0.2) is 9.84 Å². The fourth-order valence-electron chi connectivity index (χ4n) is 1.64. The van der Waals surface area contributed by atoms with Gasteiger partial charge in [-0.1, -0.05) is 44.2 Å². The quantitative estimate of drug-likeness (QED) is 0.551. The summed E-state index contributed by atoms with van der Waals surface area (Å²) in [6.45, 7) is 4.40.